The molecule has 6 heteroatoms. The molecule has 0 atom stereocenters. The zero-order chi connectivity index (χ0) is 22.2. The number of para-hydroxylation sites is 1. The third-order valence-electron chi connectivity index (χ3n) is 4.48. The van der Waals surface area contributed by atoms with Gasteiger partial charge in [-0.15, -0.1) is 0 Å². The van der Waals surface area contributed by atoms with Crippen molar-refractivity contribution in [3.63, 3.8) is 0 Å². The van der Waals surface area contributed by atoms with E-state index in [-0.39, 0.29) is 12.5 Å². The maximum atomic E-state index is 12.2. The van der Waals surface area contributed by atoms with Gasteiger partial charge in [-0.05, 0) is 48.4 Å². The molecule has 156 valence electrons. The fourth-order valence-electron chi connectivity index (χ4n) is 2.86. The molecule has 31 heavy (non-hydrogen) atoms. The minimum atomic E-state index is -0.278. The molecule has 5 nitrogen and oxygen atoms in total. The average Bonchev–Trinajstić information content (AvgIpc) is 2.78. The first-order valence-corrected chi connectivity index (χ1v) is 10.3. The van der Waals surface area contributed by atoms with E-state index in [4.69, 9.17) is 9.47 Å². The number of nitriles is 1. The molecular formula is C25H21BrN2O3. The van der Waals surface area contributed by atoms with Crippen LogP contribution in [0.25, 0.3) is 11.6 Å². The van der Waals surface area contributed by atoms with Gasteiger partial charge in [0.25, 0.3) is 5.91 Å². The summed E-state index contributed by atoms with van der Waals surface area (Å²) in [6.07, 6.45) is 1.78. The van der Waals surface area contributed by atoms with Crippen LogP contribution in [-0.4, -0.2) is 19.6 Å². The molecule has 0 saturated carbocycles. The summed E-state index contributed by atoms with van der Waals surface area (Å²) in [5.74, 6) is 0.603. The van der Waals surface area contributed by atoms with Crippen molar-refractivity contribution in [2.24, 2.45) is 0 Å². The molecule has 0 unspecified atom stereocenters. The molecule has 3 aromatic carbocycles. The van der Waals surface area contributed by atoms with E-state index in [2.05, 4.69) is 27.3 Å². The van der Waals surface area contributed by atoms with Crippen molar-refractivity contribution in [2.45, 2.75) is 6.92 Å². The maximum absolute atomic E-state index is 12.2. The predicted molar refractivity (Wildman–Crippen MR) is 126 cm³/mol. The molecule has 0 radical (unpaired) electrons. The van der Waals surface area contributed by atoms with E-state index in [9.17, 15) is 10.1 Å². The Morgan fingerprint density at radius 3 is 2.45 bits per heavy atom. The van der Waals surface area contributed by atoms with Gasteiger partial charge in [0, 0.05) is 10.2 Å². The summed E-state index contributed by atoms with van der Waals surface area (Å²) >= 11 is 3.52. The van der Waals surface area contributed by atoms with Crippen LogP contribution < -0.4 is 14.8 Å². The Kier molecular flexibility index (Phi) is 7.47. The number of hydrogen-bond acceptors (Lipinski definition) is 4. The highest BCUT2D eigenvalue weighted by molar-refractivity contribution is 9.10. The van der Waals surface area contributed by atoms with E-state index < -0.39 is 0 Å². The van der Waals surface area contributed by atoms with Gasteiger partial charge in [-0.2, -0.15) is 5.26 Å². The number of benzene rings is 3. The van der Waals surface area contributed by atoms with Crippen LogP contribution in [0.3, 0.4) is 0 Å². The molecular weight excluding hydrogens is 456 g/mol. The second-order valence-corrected chi connectivity index (χ2v) is 7.62. The van der Waals surface area contributed by atoms with Crippen LogP contribution in [0.2, 0.25) is 0 Å². The van der Waals surface area contributed by atoms with Crippen molar-refractivity contribution in [1.29, 1.82) is 5.26 Å². The lowest BCUT2D eigenvalue weighted by Crippen LogP contribution is -2.20. The van der Waals surface area contributed by atoms with E-state index in [1.807, 2.05) is 49.4 Å². The number of methoxy groups -OCH3 is 1. The number of ether oxygens (including phenoxy) is 2. The van der Waals surface area contributed by atoms with Crippen LogP contribution in [0.4, 0.5) is 5.69 Å². The second kappa shape index (κ2) is 10.5. The SMILES string of the molecule is COc1cc(/C=C(/C#N)c2ccc(C)cc2)c(Br)cc1OCC(=O)Nc1ccccc1. The Labute approximate surface area is 190 Å². The molecule has 0 heterocycles. The number of hydrogen-bond donors (Lipinski definition) is 1. The molecule has 3 rings (SSSR count). The third-order valence-corrected chi connectivity index (χ3v) is 5.17. The molecule has 1 amide bonds. The van der Waals surface area contributed by atoms with Gasteiger partial charge in [-0.3, -0.25) is 4.79 Å². The van der Waals surface area contributed by atoms with Crippen LogP contribution in [-0.2, 0) is 4.79 Å². The summed E-state index contributed by atoms with van der Waals surface area (Å²) in [7, 11) is 1.53. The molecule has 3 aromatic rings. The molecule has 0 bridgehead atoms. The lowest BCUT2D eigenvalue weighted by atomic mass is 10.0. The first-order valence-electron chi connectivity index (χ1n) is 9.54. The summed E-state index contributed by atoms with van der Waals surface area (Å²) in [4.78, 5) is 12.2. The Morgan fingerprint density at radius 1 is 1.10 bits per heavy atom. The predicted octanol–water partition coefficient (Wildman–Crippen LogP) is 5.85. The minimum absolute atomic E-state index is 0.167. The number of nitrogens with one attached hydrogen (secondary N) is 1. The van der Waals surface area contributed by atoms with Crippen molar-refractivity contribution in [3.05, 3.63) is 87.9 Å². The van der Waals surface area contributed by atoms with Gasteiger partial charge in [0.1, 0.15) is 0 Å². The Hall–Kier alpha value is -3.56. The average molecular weight is 477 g/mol. The standard InChI is InChI=1S/C25H21BrN2O3/c1-17-8-10-18(11-9-17)20(15-27)12-19-13-23(30-2)24(14-22(19)26)31-16-25(29)28-21-6-4-3-5-7-21/h3-14H,16H2,1-2H3,(H,28,29)/b20-12-. The number of nitrogens with zero attached hydrogens (tertiary/aromatic N) is 1. The molecule has 0 fully saturated rings. The highest BCUT2D eigenvalue weighted by Gasteiger charge is 2.13. The van der Waals surface area contributed by atoms with Crippen molar-refractivity contribution >= 4 is 39.2 Å². The molecule has 0 saturated heterocycles. The number of allylic oxidation sites excluding steroid dienone is 1. The number of rotatable bonds is 7. The van der Waals surface area contributed by atoms with Crippen LogP contribution >= 0.6 is 15.9 Å². The Morgan fingerprint density at radius 2 is 1.81 bits per heavy atom. The molecule has 0 spiro atoms. The third kappa shape index (κ3) is 5.97. The summed E-state index contributed by atoms with van der Waals surface area (Å²) in [6, 6.07) is 22.7. The Balaban J connectivity index is 1.78. The number of anilines is 1. The van der Waals surface area contributed by atoms with Crippen molar-refractivity contribution < 1.29 is 14.3 Å². The van der Waals surface area contributed by atoms with Crippen molar-refractivity contribution in [2.75, 3.05) is 19.0 Å². The molecule has 1 N–H and O–H groups in total. The van der Waals surface area contributed by atoms with Gasteiger partial charge < -0.3 is 14.8 Å². The molecule has 0 aliphatic heterocycles. The lowest BCUT2D eigenvalue weighted by Gasteiger charge is -2.13. The van der Waals surface area contributed by atoms with Gasteiger partial charge >= 0.3 is 0 Å². The van der Waals surface area contributed by atoms with E-state index in [1.54, 1.807) is 30.3 Å². The molecule has 0 aliphatic carbocycles. The quantitative estimate of drug-likeness (QED) is 0.343. The van der Waals surface area contributed by atoms with Crippen LogP contribution in [0.5, 0.6) is 11.5 Å². The van der Waals surface area contributed by atoms with Crippen molar-refractivity contribution in [3.8, 4) is 17.6 Å². The number of carbonyl (C=O) groups is 1. The summed E-state index contributed by atoms with van der Waals surface area (Å²) in [6.45, 7) is 1.83. The summed E-state index contributed by atoms with van der Waals surface area (Å²) in [5.41, 5.74) is 3.94. The molecule has 0 aliphatic rings. The smallest absolute Gasteiger partial charge is 0.262 e. The fourth-order valence-corrected chi connectivity index (χ4v) is 3.30. The summed E-state index contributed by atoms with van der Waals surface area (Å²) < 4.78 is 11.8. The normalized spacial score (nSPS) is 10.8. The number of aryl methyl sites for hydroxylation is 1. The van der Waals surface area contributed by atoms with Gasteiger partial charge in [0.2, 0.25) is 0 Å². The van der Waals surface area contributed by atoms with Crippen LogP contribution in [0.15, 0.2) is 71.2 Å². The number of amides is 1. The van der Waals surface area contributed by atoms with E-state index >= 15 is 0 Å². The minimum Gasteiger partial charge on any atom is -0.493 e. The van der Waals surface area contributed by atoms with Gasteiger partial charge in [-0.25, -0.2) is 0 Å². The molecule has 0 aromatic heterocycles. The van der Waals surface area contributed by atoms with Gasteiger partial charge in [-0.1, -0.05) is 64.0 Å². The largest absolute Gasteiger partial charge is 0.493 e. The van der Waals surface area contributed by atoms with E-state index in [0.717, 1.165) is 16.7 Å². The van der Waals surface area contributed by atoms with Crippen LogP contribution in [0.1, 0.15) is 16.7 Å². The number of carbonyl (C=O) groups excluding carboxylic acids is 1. The van der Waals surface area contributed by atoms with Gasteiger partial charge in [0.05, 0.1) is 18.8 Å². The van der Waals surface area contributed by atoms with E-state index in [1.165, 1.54) is 7.11 Å². The van der Waals surface area contributed by atoms with Crippen molar-refractivity contribution in [1.82, 2.24) is 0 Å². The Bertz CT molecular complexity index is 1130. The monoisotopic (exact) mass is 476 g/mol. The highest BCUT2D eigenvalue weighted by Crippen LogP contribution is 2.35. The summed E-state index contributed by atoms with van der Waals surface area (Å²) in [5, 5.41) is 12.4. The fraction of sp³-hybridized carbons (Fsp3) is 0.120. The lowest BCUT2D eigenvalue weighted by molar-refractivity contribution is -0.118. The van der Waals surface area contributed by atoms with Gasteiger partial charge in [0.15, 0.2) is 18.1 Å². The van der Waals surface area contributed by atoms with Crippen LogP contribution in [0, 0.1) is 18.3 Å². The van der Waals surface area contributed by atoms with E-state index in [0.29, 0.717) is 27.2 Å². The zero-order valence-corrected chi connectivity index (χ0v) is 18.8. The second-order valence-electron chi connectivity index (χ2n) is 6.76. The first kappa shape index (κ1) is 22.1. The first-order chi connectivity index (χ1) is 15.0. The number of halogens is 1. The highest BCUT2D eigenvalue weighted by atomic mass is 79.9. The maximum Gasteiger partial charge on any atom is 0.262 e. The topological polar surface area (TPSA) is 71.3 Å². The zero-order valence-electron chi connectivity index (χ0n) is 17.2.